The van der Waals surface area contributed by atoms with E-state index in [1.54, 1.807) is 11.0 Å². The average Bonchev–Trinajstić information content (AvgIpc) is 2.57. The number of amides is 2. The molecule has 0 bridgehead atoms. The van der Waals surface area contributed by atoms with Crippen molar-refractivity contribution in [1.29, 1.82) is 0 Å². The monoisotopic (exact) mass is 340 g/mol. The number of likely N-dealkylation sites (tertiary alicyclic amines) is 1. The molecule has 0 saturated carbocycles. The zero-order valence-electron chi connectivity index (χ0n) is 13.6. The highest BCUT2D eigenvalue weighted by Crippen LogP contribution is 2.23. The minimum atomic E-state index is -0.0665. The van der Waals surface area contributed by atoms with Gasteiger partial charge in [0.05, 0.1) is 6.61 Å². The van der Waals surface area contributed by atoms with Crippen LogP contribution in [-0.2, 0) is 6.42 Å². The average molecular weight is 341 g/mol. The molecule has 6 heteroatoms. The number of rotatable bonds is 6. The largest absolute Gasteiger partial charge is 0.494 e. The lowest BCUT2D eigenvalue weighted by Crippen LogP contribution is -2.46. The van der Waals surface area contributed by atoms with Gasteiger partial charge in [0.1, 0.15) is 5.75 Å². The van der Waals surface area contributed by atoms with E-state index in [0.717, 1.165) is 30.7 Å². The Balaban J connectivity index is 1.84. The Kier molecular flexibility index (Phi) is 6.99. The minimum absolute atomic E-state index is 0.0665. The van der Waals surface area contributed by atoms with Gasteiger partial charge in [0.25, 0.3) is 0 Å². The maximum absolute atomic E-state index is 12.2. The van der Waals surface area contributed by atoms with Crippen LogP contribution in [0, 0.1) is 5.92 Å². The highest BCUT2D eigenvalue weighted by Gasteiger charge is 2.22. The van der Waals surface area contributed by atoms with Crippen molar-refractivity contribution in [1.82, 2.24) is 10.2 Å². The van der Waals surface area contributed by atoms with Gasteiger partial charge >= 0.3 is 6.03 Å². The third-order valence-corrected chi connectivity index (χ3v) is 4.29. The van der Waals surface area contributed by atoms with Crippen LogP contribution in [0.25, 0.3) is 0 Å². The number of benzene rings is 1. The molecule has 1 heterocycles. The molecule has 23 heavy (non-hydrogen) atoms. The van der Waals surface area contributed by atoms with Gasteiger partial charge in [-0.05, 0) is 55.9 Å². The van der Waals surface area contributed by atoms with E-state index in [4.69, 9.17) is 16.3 Å². The fraction of sp³-hybridized carbons (Fsp3) is 0.588. The van der Waals surface area contributed by atoms with Crippen LogP contribution in [0.3, 0.4) is 0 Å². The maximum atomic E-state index is 12.2. The summed E-state index contributed by atoms with van der Waals surface area (Å²) in [6, 6.07) is 5.47. The van der Waals surface area contributed by atoms with E-state index in [9.17, 15) is 9.90 Å². The van der Waals surface area contributed by atoms with E-state index in [-0.39, 0.29) is 18.6 Å². The van der Waals surface area contributed by atoms with Crippen molar-refractivity contribution in [3.05, 3.63) is 28.8 Å². The first kappa shape index (κ1) is 17.9. The van der Waals surface area contributed by atoms with Gasteiger partial charge in [0.15, 0.2) is 0 Å². The smallest absolute Gasteiger partial charge is 0.317 e. The molecule has 0 spiro atoms. The van der Waals surface area contributed by atoms with Crippen molar-refractivity contribution in [3.8, 4) is 5.75 Å². The van der Waals surface area contributed by atoms with E-state index in [1.807, 2.05) is 19.1 Å². The van der Waals surface area contributed by atoms with E-state index >= 15 is 0 Å². The molecule has 128 valence electrons. The standard InChI is InChI=1S/C17H25ClN2O3/c1-2-23-16-6-5-15(18)10-14(16)7-8-19-17(22)20-9-3-4-13(11-20)12-21/h5-6,10,13,21H,2-4,7-9,11-12H2,1H3,(H,19,22)/t13-/m0/s1. The fourth-order valence-electron chi connectivity index (χ4n) is 2.85. The van der Waals surface area contributed by atoms with Crippen molar-refractivity contribution in [2.75, 3.05) is 32.8 Å². The summed E-state index contributed by atoms with van der Waals surface area (Å²) < 4.78 is 5.58. The summed E-state index contributed by atoms with van der Waals surface area (Å²) in [6.07, 6.45) is 2.60. The molecular formula is C17H25ClN2O3. The van der Waals surface area contributed by atoms with Crippen molar-refractivity contribution >= 4 is 17.6 Å². The van der Waals surface area contributed by atoms with Gasteiger partial charge in [-0.3, -0.25) is 0 Å². The van der Waals surface area contributed by atoms with Gasteiger partial charge in [0.2, 0.25) is 0 Å². The SMILES string of the molecule is CCOc1ccc(Cl)cc1CCNC(=O)N1CCC[C@H](CO)C1. The number of carbonyl (C=O) groups excluding carboxylic acids is 1. The van der Waals surface area contributed by atoms with Crippen LogP contribution in [0.15, 0.2) is 18.2 Å². The van der Waals surface area contributed by atoms with Crippen molar-refractivity contribution in [3.63, 3.8) is 0 Å². The van der Waals surface area contributed by atoms with E-state index < -0.39 is 0 Å². The number of halogens is 1. The summed E-state index contributed by atoms with van der Waals surface area (Å²) in [4.78, 5) is 14.0. The summed E-state index contributed by atoms with van der Waals surface area (Å²) in [7, 11) is 0. The van der Waals surface area contributed by atoms with Gasteiger partial charge in [-0.2, -0.15) is 0 Å². The lowest BCUT2D eigenvalue weighted by molar-refractivity contribution is 0.129. The van der Waals surface area contributed by atoms with Crippen LogP contribution in [-0.4, -0.2) is 48.9 Å². The van der Waals surface area contributed by atoms with Crippen LogP contribution in [0.2, 0.25) is 5.02 Å². The topological polar surface area (TPSA) is 61.8 Å². The first-order chi connectivity index (χ1) is 11.1. The predicted octanol–water partition coefficient (Wildman–Crippen LogP) is 2.70. The van der Waals surface area contributed by atoms with Crippen LogP contribution >= 0.6 is 11.6 Å². The van der Waals surface area contributed by atoms with Crippen molar-refractivity contribution in [2.45, 2.75) is 26.2 Å². The number of nitrogens with zero attached hydrogens (tertiary/aromatic N) is 1. The number of hydrogen-bond donors (Lipinski definition) is 2. The van der Waals surface area contributed by atoms with Crippen LogP contribution in [0.1, 0.15) is 25.3 Å². The van der Waals surface area contributed by atoms with Gasteiger partial charge in [-0.25, -0.2) is 4.79 Å². The summed E-state index contributed by atoms with van der Waals surface area (Å²) in [5, 5.41) is 12.8. The fourth-order valence-corrected chi connectivity index (χ4v) is 3.05. The van der Waals surface area contributed by atoms with E-state index in [0.29, 0.717) is 31.1 Å². The predicted molar refractivity (Wildman–Crippen MR) is 91.1 cm³/mol. The Hall–Kier alpha value is -1.46. The summed E-state index contributed by atoms with van der Waals surface area (Å²) in [5.41, 5.74) is 0.992. The normalized spacial score (nSPS) is 17.9. The molecule has 2 rings (SSSR count). The molecule has 0 aromatic heterocycles. The number of urea groups is 1. The lowest BCUT2D eigenvalue weighted by Gasteiger charge is -2.31. The molecular weight excluding hydrogens is 316 g/mol. The molecule has 0 radical (unpaired) electrons. The third kappa shape index (κ3) is 5.29. The van der Waals surface area contributed by atoms with E-state index in [2.05, 4.69) is 5.32 Å². The quantitative estimate of drug-likeness (QED) is 0.837. The Labute approximate surface area is 142 Å². The second-order valence-corrected chi connectivity index (χ2v) is 6.24. The molecule has 1 saturated heterocycles. The number of ether oxygens (including phenoxy) is 1. The Morgan fingerprint density at radius 3 is 3.09 bits per heavy atom. The number of aliphatic hydroxyl groups excluding tert-OH is 1. The highest BCUT2D eigenvalue weighted by molar-refractivity contribution is 6.30. The molecule has 1 aliphatic rings. The molecule has 1 aliphatic heterocycles. The van der Waals surface area contributed by atoms with Crippen LogP contribution < -0.4 is 10.1 Å². The van der Waals surface area contributed by atoms with Crippen LogP contribution in [0.4, 0.5) is 4.79 Å². The van der Waals surface area contributed by atoms with E-state index in [1.165, 1.54) is 0 Å². The molecule has 2 N–H and O–H groups in total. The zero-order valence-corrected chi connectivity index (χ0v) is 14.3. The molecule has 0 aliphatic carbocycles. The number of carbonyl (C=O) groups is 1. The first-order valence-corrected chi connectivity index (χ1v) is 8.56. The minimum Gasteiger partial charge on any atom is -0.494 e. The molecule has 1 aromatic carbocycles. The second kappa shape index (κ2) is 8.99. The van der Waals surface area contributed by atoms with Gasteiger partial charge in [-0.15, -0.1) is 0 Å². The third-order valence-electron chi connectivity index (χ3n) is 4.06. The molecule has 1 atom stereocenters. The second-order valence-electron chi connectivity index (χ2n) is 5.80. The highest BCUT2D eigenvalue weighted by atomic mass is 35.5. The number of nitrogens with one attached hydrogen (secondary N) is 1. The Morgan fingerprint density at radius 2 is 2.35 bits per heavy atom. The lowest BCUT2D eigenvalue weighted by atomic mass is 9.99. The van der Waals surface area contributed by atoms with Crippen molar-refractivity contribution < 1.29 is 14.6 Å². The number of aliphatic hydroxyl groups is 1. The molecule has 5 nitrogen and oxygen atoms in total. The summed E-state index contributed by atoms with van der Waals surface area (Å²) >= 11 is 6.04. The molecule has 0 unspecified atom stereocenters. The first-order valence-electron chi connectivity index (χ1n) is 8.19. The van der Waals surface area contributed by atoms with Gasteiger partial charge in [-0.1, -0.05) is 11.6 Å². The van der Waals surface area contributed by atoms with Gasteiger partial charge in [0, 0.05) is 31.3 Å². The molecule has 1 fully saturated rings. The summed E-state index contributed by atoms with van der Waals surface area (Å²) in [6.45, 7) is 4.59. The zero-order chi connectivity index (χ0) is 16.7. The van der Waals surface area contributed by atoms with Crippen LogP contribution in [0.5, 0.6) is 5.75 Å². The Morgan fingerprint density at radius 1 is 1.52 bits per heavy atom. The molecule has 2 amide bonds. The maximum Gasteiger partial charge on any atom is 0.317 e. The number of piperidine rings is 1. The summed E-state index contributed by atoms with van der Waals surface area (Å²) in [5.74, 6) is 1.01. The number of hydrogen-bond acceptors (Lipinski definition) is 3. The molecule has 1 aromatic rings. The van der Waals surface area contributed by atoms with Crippen molar-refractivity contribution in [2.24, 2.45) is 5.92 Å². The van der Waals surface area contributed by atoms with Gasteiger partial charge < -0.3 is 20.1 Å². The Bertz CT molecular complexity index is 525.